The minimum absolute atomic E-state index is 0.0150. The maximum absolute atomic E-state index is 11.9. The molecule has 0 bridgehead atoms. The summed E-state index contributed by atoms with van der Waals surface area (Å²) in [4.78, 5) is 22.7. The Morgan fingerprint density at radius 3 is 2.58 bits per heavy atom. The van der Waals surface area contributed by atoms with E-state index in [2.05, 4.69) is 5.32 Å². The number of hydrogen-bond donors (Lipinski definition) is 4. The Balaban J connectivity index is 2.02. The van der Waals surface area contributed by atoms with Crippen molar-refractivity contribution in [2.24, 2.45) is 5.92 Å². The van der Waals surface area contributed by atoms with Gasteiger partial charge in [0.05, 0.1) is 11.5 Å². The first-order chi connectivity index (χ1) is 8.97. The molecule has 1 amide bonds. The highest BCUT2D eigenvalue weighted by Gasteiger charge is 2.31. The summed E-state index contributed by atoms with van der Waals surface area (Å²) in [5.41, 5.74) is -0.0150. The van der Waals surface area contributed by atoms with Crippen LogP contribution >= 0.6 is 0 Å². The number of phenols is 2. The van der Waals surface area contributed by atoms with Crippen LogP contribution in [-0.4, -0.2) is 33.2 Å². The molecule has 2 atom stereocenters. The smallest absolute Gasteiger partial charge is 0.306 e. The van der Waals surface area contributed by atoms with Crippen molar-refractivity contribution in [3.05, 3.63) is 23.8 Å². The molecule has 6 nitrogen and oxygen atoms in total. The third kappa shape index (κ3) is 2.96. The van der Waals surface area contributed by atoms with Crippen molar-refractivity contribution in [3.8, 4) is 11.5 Å². The van der Waals surface area contributed by atoms with E-state index in [-0.39, 0.29) is 23.1 Å². The number of carbonyl (C=O) groups is 2. The fourth-order valence-corrected chi connectivity index (χ4v) is 2.31. The summed E-state index contributed by atoms with van der Waals surface area (Å²) in [5.74, 6) is -2.12. The fourth-order valence-electron chi connectivity index (χ4n) is 2.31. The van der Waals surface area contributed by atoms with Gasteiger partial charge in [0.2, 0.25) is 0 Å². The molecule has 1 aromatic carbocycles. The molecule has 19 heavy (non-hydrogen) atoms. The highest BCUT2D eigenvalue weighted by atomic mass is 16.4. The van der Waals surface area contributed by atoms with Crippen LogP contribution in [0.4, 0.5) is 0 Å². The van der Waals surface area contributed by atoms with Gasteiger partial charge < -0.3 is 20.6 Å². The number of rotatable bonds is 3. The standard InChI is InChI=1S/C13H15NO5/c15-9-3-4-11(16)10(6-9)12(17)14-8-2-1-7(5-8)13(18)19/h3-4,6-8,15-16H,1-2,5H2,(H,14,17)(H,18,19)/t7-,8+/m1/s1. The average Bonchev–Trinajstić information content (AvgIpc) is 2.80. The summed E-state index contributed by atoms with van der Waals surface area (Å²) < 4.78 is 0. The second kappa shape index (κ2) is 5.17. The molecular formula is C13H15NO5. The van der Waals surface area contributed by atoms with Crippen molar-refractivity contribution in [2.75, 3.05) is 0 Å². The molecule has 1 saturated carbocycles. The van der Waals surface area contributed by atoms with Crippen LogP contribution in [0.2, 0.25) is 0 Å². The maximum Gasteiger partial charge on any atom is 0.306 e. The lowest BCUT2D eigenvalue weighted by Gasteiger charge is -2.13. The van der Waals surface area contributed by atoms with Crippen LogP contribution in [0.3, 0.4) is 0 Å². The SMILES string of the molecule is O=C(N[C@H]1CC[C@@H](C(=O)O)C1)c1cc(O)ccc1O. The Morgan fingerprint density at radius 1 is 1.21 bits per heavy atom. The normalized spacial score (nSPS) is 22.1. The molecule has 6 heteroatoms. The molecule has 0 spiro atoms. The predicted molar refractivity (Wildman–Crippen MR) is 66.0 cm³/mol. The molecule has 0 radical (unpaired) electrons. The number of carboxylic acid groups (broad SMARTS) is 1. The van der Waals surface area contributed by atoms with E-state index >= 15 is 0 Å². The van der Waals surface area contributed by atoms with E-state index in [0.717, 1.165) is 0 Å². The van der Waals surface area contributed by atoms with E-state index in [1.807, 2.05) is 0 Å². The van der Waals surface area contributed by atoms with Gasteiger partial charge in [-0.25, -0.2) is 0 Å². The molecule has 1 aliphatic rings. The third-order valence-electron chi connectivity index (χ3n) is 3.34. The highest BCUT2D eigenvalue weighted by Crippen LogP contribution is 2.27. The minimum atomic E-state index is -0.850. The van der Waals surface area contributed by atoms with Gasteiger partial charge in [-0.15, -0.1) is 0 Å². The first-order valence-electron chi connectivity index (χ1n) is 6.03. The van der Waals surface area contributed by atoms with Crippen LogP contribution in [-0.2, 0) is 4.79 Å². The molecule has 0 saturated heterocycles. The van der Waals surface area contributed by atoms with Crippen LogP contribution in [0, 0.1) is 5.92 Å². The summed E-state index contributed by atoms with van der Waals surface area (Å²) in [7, 11) is 0. The van der Waals surface area contributed by atoms with Gasteiger partial charge in [-0.3, -0.25) is 9.59 Å². The summed E-state index contributed by atoms with van der Waals surface area (Å²) in [5, 5.41) is 30.4. The van der Waals surface area contributed by atoms with Crippen molar-refractivity contribution in [1.82, 2.24) is 5.32 Å². The van der Waals surface area contributed by atoms with E-state index in [9.17, 15) is 19.8 Å². The zero-order valence-electron chi connectivity index (χ0n) is 10.2. The monoisotopic (exact) mass is 265 g/mol. The van der Waals surface area contributed by atoms with Crippen LogP contribution < -0.4 is 5.32 Å². The van der Waals surface area contributed by atoms with Crippen molar-refractivity contribution in [3.63, 3.8) is 0 Å². The van der Waals surface area contributed by atoms with Gasteiger partial charge in [0.15, 0.2) is 0 Å². The van der Waals surface area contributed by atoms with E-state index in [1.54, 1.807) is 0 Å². The Morgan fingerprint density at radius 2 is 1.95 bits per heavy atom. The molecule has 1 aromatic rings. The number of nitrogens with one attached hydrogen (secondary N) is 1. The number of aromatic hydroxyl groups is 2. The molecule has 4 N–H and O–H groups in total. The van der Waals surface area contributed by atoms with E-state index in [0.29, 0.717) is 19.3 Å². The molecule has 0 aliphatic heterocycles. The van der Waals surface area contributed by atoms with Gasteiger partial charge in [0.1, 0.15) is 11.5 Å². The number of carboxylic acids is 1. The number of aliphatic carboxylic acids is 1. The lowest BCUT2D eigenvalue weighted by atomic mass is 10.1. The van der Waals surface area contributed by atoms with Gasteiger partial charge in [-0.2, -0.15) is 0 Å². The number of hydrogen-bond acceptors (Lipinski definition) is 4. The Kier molecular flexibility index (Phi) is 3.59. The maximum atomic E-state index is 11.9. The molecule has 0 heterocycles. The lowest BCUT2D eigenvalue weighted by molar-refractivity contribution is -0.141. The largest absolute Gasteiger partial charge is 0.508 e. The fraction of sp³-hybridized carbons (Fsp3) is 0.385. The number of amides is 1. The summed E-state index contributed by atoms with van der Waals surface area (Å²) in [6.45, 7) is 0. The number of carbonyl (C=O) groups excluding carboxylic acids is 1. The van der Waals surface area contributed by atoms with Crippen LogP contribution in [0.25, 0.3) is 0 Å². The van der Waals surface area contributed by atoms with Crippen molar-refractivity contribution >= 4 is 11.9 Å². The van der Waals surface area contributed by atoms with Gasteiger partial charge >= 0.3 is 5.97 Å². The van der Waals surface area contributed by atoms with E-state index in [4.69, 9.17) is 5.11 Å². The Labute approximate surface area is 109 Å². The average molecular weight is 265 g/mol. The first kappa shape index (κ1) is 13.2. The predicted octanol–water partition coefficient (Wildman–Crippen LogP) is 1.08. The minimum Gasteiger partial charge on any atom is -0.508 e. The molecule has 102 valence electrons. The molecule has 0 aromatic heterocycles. The second-order valence-electron chi connectivity index (χ2n) is 4.72. The molecule has 1 fully saturated rings. The zero-order chi connectivity index (χ0) is 14.0. The Hall–Kier alpha value is -2.24. The molecule has 0 unspecified atom stereocenters. The lowest BCUT2D eigenvalue weighted by Crippen LogP contribution is -2.33. The first-order valence-corrected chi connectivity index (χ1v) is 6.03. The molecule has 1 aliphatic carbocycles. The van der Waals surface area contributed by atoms with E-state index < -0.39 is 17.8 Å². The molecular weight excluding hydrogens is 250 g/mol. The topological polar surface area (TPSA) is 107 Å². The molecule has 2 rings (SSSR count). The van der Waals surface area contributed by atoms with Gasteiger partial charge in [0, 0.05) is 6.04 Å². The summed E-state index contributed by atoms with van der Waals surface area (Å²) in [6.07, 6.45) is 1.52. The highest BCUT2D eigenvalue weighted by molar-refractivity contribution is 5.97. The quantitative estimate of drug-likeness (QED) is 0.612. The van der Waals surface area contributed by atoms with Crippen LogP contribution in [0.1, 0.15) is 29.6 Å². The van der Waals surface area contributed by atoms with Crippen LogP contribution in [0.5, 0.6) is 11.5 Å². The summed E-state index contributed by atoms with van der Waals surface area (Å²) >= 11 is 0. The zero-order valence-corrected chi connectivity index (χ0v) is 10.2. The van der Waals surface area contributed by atoms with Gasteiger partial charge in [0.25, 0.3) is 5.91 Å². The third-order valence-corrected chi connectivity index (χ3v) is 3.34. The van der Waals surface area contributed by atoms with Gasteiger partial charge in [-0.05, 0) is 37.5 Å². The van der Waals surface area contributed by atoms with Gasteiger partial charge in [-0.1, -0.05) is 0 Å². The Bertz CT molecular complexity index is 514. The summed E-state index contributed by atoms with van der Waals surface area (Å²) in [6, 6.07) is 3.48. The van der Waals surface area contributed by atoms with Crippen LogP contribution in [0.15, 0.2) is 18.2 Å². The number of benzene rings is 1. The van der Waals surface area contributed by atoms with E-state index in [1.165, 1.54) is 18.2 Å². The number of phenolic OH excluding ortho intramolecular Hbond substituents is 2. The van der Waals surface area contributed by atoms with Crippen molar-refractivity contribution in [2.45, 2.75) is 25.3 Å². The second-order valence-corrected chi connectivity index (χ2v) is 4.72. The van der Waals surface area contributed by atoms with Crippen molar-refractivity contribution < 1.29 is 24.9 Å². The van der Waals surface area contributed by atoms with Crippen molar-refractivity contribution in [1.29, 1.82) is 0 Å².